The normalized spacial score (nSPS) is 16.6. The van der Waals surface area contributed by atoms with Crippen LogP contribution in [0.25, 0.3) is 0 Å². The third-order valence-electron chi connectivity index (χ3n) is 5.91. The number of guanidine groups is 1. The van der Waals surface area contributed by atoms with Crippen molar-refractivity contribution in [1.82, 2.24) is 15.5 Å². The average Bonchev–Trinajstić information content (AvgIpc) is 3.23. The molecule has 6 heteroatoms. The number of hydrogen-bond donors (Lipinski definition) is 2. The van der Waals surface area contributed by atoms with Crippen LogP contribution in [0.3, 0.4) is 0 Å². The number of ether oxygens (including phenoxy) is 1. The quantitative estimate of drug-likeness (QED) is 0.348. The van der Waals surface area contributed by atoms with Crippen molar-refractivity contribution in [3.05, 3.63) is 70.3 Å². The molecule has 1 heterocycles. The third-order valence-corrected chi connectivity index (χ3v) is 5.91. The molecule has 0 atom stereocenters. The van der Waals surface area contributed by atoms with Crippen LogP contribution in [0.2, 0.25) is 0 Å². The van der Waals surface area contributed by atoms with Gasteiger partial charge in [0.1, 0.15) is 0 Å². The lowest BCUT2D eigenvalue weighted by Gasteiger charge is -2.27. The molecule has 0 amide bonds. The molecule has 162 valence electrons. The fourth-order valence-corrected chi connectivity index (χ4v) is 4.20. The summed E-state index contributed by atoms with van der Waals surface area (Å²) in [7, 11) is 1.83. The summed E-state index contributed by atoms with van der Waals surface area (Å²) in [4.78, 5) is 6.87. The monoisotopic (exact) mass is 520 g/mol. The van der Waals surface area contributed by atoms with Crippen LogP contribution in [0.15, 0.2) is 47.5 Å². The van der Waals surface area contributed by atoms with Gasteiger partial charge in [-0.25, -0.2) is 0 Å². The van der Waals surface area contributed by atoms with Crippen LogP contribution < -0.4 is 10.6 Å². The highest BCUT2D eigenvalue weighted by atomic mass is 127. The molecule has 2 aromatic rings. The Kier molecular flexibility index (Phi) is 8.96. The fraction of sp³-hybridized carbons (Fsp3) is 0.458. The molecule has 0 unspecified atom stereocenters. The molecule has 0 aromatic heterocycles. The topological polar surface area (TPSA) is 48.9 Å². The van der Waals surface area contributed by atoms with E-state index in [1.807, 2.05) is 7.05 Å². The highest BCUT2D eigenvalue weighted by molar-refractivity contribution is 14.0. The Morgan fingerprint density at radius 1 is 0.967 bits per heavy atom. The average molecular weight is 520 g/mol. The summed E-state index contributed by atoms with van der Waals surface area (Å²) in [5.74, 6) is 0.840. The van der Waals surface area contributed by atoms with Crippen LogP contribution in [0.1, 0.15) is 34.2 Å². The molecule has 1 fully saturated rings. The van der Waals surface area contributed by atoms with Crippen molar-refractivity contribution in [1.29, 1.82) is 0 Å². The molecule has 1 aliphatic heterocycles. The number of morpholine rings is 1. The Hall–Kier alpha value is -1.64. The van der Waals surface area contributed by atoms with E-state index in [0.29, 0.717) is 0 Å². The largest absolute Gasteiger partial charge is 0.379 e. The van der Waals surface area contributed by atoms with Crippen LogP contribution in [0, 0.1) is 0 Å². The molecule has 1 saturated heterocycles. The highest BCUT2D eigenvalue weighted by Crippen LogP contribution is 2.22. The van der Waals surface area contributed by atoms with Gasteiger partial charge in [-0.3, -0.25) is 9.89 Å². The molecule has 0 spiro atoms. The zero-order chi connectivity index (χ0) is 19.9. The van der Waals surface area contributed by atoms with Crippen molar-refractivity contribution in [3.63, 3.8) is 0 Å². The lowest BCUT2D eigenvalue weighted by Crippen LogP contribution is -2.37. The van der Waals surface area contributed by atoms with Gasteiger partial charge in [-0.1, -0.05) is 42.5 Å². The summed E-state index contributed by atoms with van der Waals surface area (Å²) in [6.45, 7) is 6.21. The predicted octanol–water partition coefficient (Wildman–Crippen LogP) is 3.49. The molecule has 2 aromatic carbocycles. The fourth-order valence-electron chi connectivity index (χ4n) is 4.20. The van der Waals surface area contributed by atoms with Crippen LogP contribution in [0.5, 0.6) is 0 Å². The van der Waals surface area contributed by atoms with E-state index in [1.165, 1.54) is 47.1 Å². The molecule has 1 aliphatic carbocycles. The van der Waals surface area contributed by atoms with E-state index in [0.717, 1.165) is 51.9 Å². The van der Waals surface area contributed by atoms with Gasteiger partial charge < -0.3 is 15.4 Å². The molecule has 0 radical (unpaired) electrons. The molecular formula is C24H33IN4O. The number of fused-ring (bicyclic) bond motifs is 1. The number of rotatable bonds is 6. The lowest BCUT2D eigenvalue weighted by atomic mass is 10.1. The molecule has 4 rings (SSSR count). The number of benzene rings is 2. The molecule has 0 saturated carbocycles. The van der Waals surface area contributed by atoms with E-state index in [9.17, 15) is 0 Å². The van der Waals surface area contributed by atoms with Gasteiger partial charge >= 0.3 is 0 Å². The van der Waals surface area contributed by atoms with Gasteiger partial charge in [0, 0.05) is 39.8 Å². The Bertz CT molecular complexity index is 849. The smallest absolute Gasteiger partial charge is 0.191 e. The second-order valence-corrected chi connectivity index (χ2v) is 7.89. The lowest BCUT2D eigenvalue weighted by molar-refractivity contribution is 0.0341. The zero-order valence-corrected chi connectivity index (χ0v) is 20.2. The van der Waals surface area contributed by atoms with Gasteiger partial charge in [0.05, 0.1) is 13.2 Å². The van der Waals surface area contributed by atoms with Crippen LogP contribution >= 0.6 is 24.0 Å². The van der Waals surface area contributed by atoms with Crippen molar-refractivity contribution < 1.29 is 4.74 Å². The summed E-state index contributed by atoms with van der Waals surface area (Å²) in [6, 6.07) is 15.5. The van der Waals surface area contributed by atoms with E-state index in [4.69, 9.17) is 4.74 Å². The van der Waals surface area contributed by atoms with E-state index in [1.54, 1.807) is 0 Å². The summed E-state index contributed by atoms with van der Waals surface area (Å²) >= 11 is 0. The van der Waals surface area contributed by atoms with Crippen molar-refractivity contribution in [3.8, 4) is 0 Å². The second-order valence-electron chi connectivity index (χ2n) is 7.89. The van der Waals surface area contributed by atoms with Crippen molar-refractivity contribution in [2.45, 2.75) is 38.9 Å². The second kappa shape index (κ2) is 11.7. The molecule has 2 aliphatic rings. The maximum absolute atomic E-state index is 5.47. The minimum Gasteiger partial charge on any atom is -0.379 e. The Morgan fingerprint density at radius 3 is 2.50 bits per heavy atom. The van der Waals surface area contributed by atoms with E-state index in [2.05, 4.69) is 63.0 Å². The number of halogens is 1. The summed E-state index contributed by atoms with van der Waals surface area (Å²) in [5.41, 5.74) is 7.05. The van der Waals surface area contributed by atoms with Gasteiger partial charge in [0.15, 0.2) is 5.96 Å². The maximum atomic E-state index is 5.47. The van der Waals surface area contributed by atoms with Crippen molar-refractivity contribution in [2.75, 3.05) is 33.4 Å². The SMILES string of the molecule is CN=C(NCc1ccc2c(c1)CCC2)NCc1ccccc1CN1CCOCC1.I. The Labute approximate surface area is 197 Å². The van der Waals surface area contributed by atoms with Gasteiger partial charge in [-0.05, 0) is 47.1 Å². The Balaban J connectivity index is 0.00000256. The number of hydrogen-bond acceptors (Lipinski definition) is 3. The zero-order valence-electron chi connectivity index (χ0n) is 17.8. The van der Waals surface area contributed by atoms with Gasteiger partial charge in [-0.2, -0.15) is 0 Å². The third kappa shape index (κ3) is 6.18. The minimum absolute atomic E-state index is 0. The first-order valence-electron chi connectivity index (χ1n) is 10.7. The Morgan fingerprint density at radius 2 is 1.70 bits per heavy atom. The number of aliphatic imine (C=N–C) groups is 1. The summed E-state index contributed by atoms with van der Waals surface area (Å²) < 4.78 is 5.47. The summed E-state index contributed by atoms with van der Waals surface area (Å²) in [5, 5.41) is 6.94. The van der Waals surface area contributed by atoms with Crippen LogP contribution in [0.4, 0.5) is 0 Å². The van der Waals surface area contributed by atoms with E-state index >= 15 is 0 Å². The van der Waals surface area contributed by atoms with Gasteiger partial charge in [0.25, 0.3) is 0 Å². The highest BCUT2D eigenvalue weighted by Gasteiger charge is 2.13. The van der Waals surface area contributed by atoms with Gasteiger partial charge in [-0.15, -0.1) is 24.0 Å². The van der Waals surface area contributed by atoms with E-state index < -0.39 is 0 Å². The van der Waals surface area contributed by atoms with Crippen molar-refractivity contribution >= 4 is 29.9 Å². The standard InChI is InChI=1S/C24H32N4O.HI/c1-25-24(26-16-19-9-10-20-7-4-8-21(20)15-19)27-17-22-5-2-3-6-23(22)18-28-11-13-29-14-12-28;/h2-3,5-6,9-10,15H,4,7-8,11-14,16-18H2,1H3,(H2,25,26,27);1H. The molecule has 0 bridgehead atoms. The molecular weight excluding hydrogens is 487 g/mol. The molecule has 5 nitrogen and oxygen atoms in total. The first-order chi connectivity index (χ1) is 14.3. The summed E-state index contributed by atoms with van der Waals surface area (Å²) in [6.07, 6.45) is 3.74. The first kappa shape index (κ1) is 23.0. The number of nitrogens with zero attached hydrogens (tertiary/aromatic N) is 2. The first-order valence-corrected chi connectivity index (χ1v) is 10.7. The maximum Gasteiger partial charge on any atom is 0.191 e. The number of nitrogens with one attached hydrogen (secondary N) is 2. The van der Waals surface area contributed by atoms with Crippen LogP contribution in [-0.2, 0) is 37.2 Å². The predicted molar refractivity (Wildman–Crippen MR) is 133 cm³/mol. The van der Waals surface area contributed by atoms with Gasteiger partial charge in [0.2, 0.25) is 0 Å². The molecule has 2 N–H and O–H groups in total. The van der Waals surface area contributed by atoms with E-state index in [-0.39, 0.29) is 24.0 Å². The van der Waals surface area contributed by atoms with Crippen LogP contribution in [-0.4, -0.2) is 44.2 Å². The minimum atomic E-state index is 0. The number of aryl methyl sites for hydroxylation is 2. The molecule has 30 heavy (non-hydrogen) atoms. The van der Waals surface area contributed by atoms with Crippen molar-refractivity contribution in [2.24, 2.45) is 4.99 Å².